The van der Waals surface area contributed by atoms with Gasteiger partial charge in [0.25, 0.3) is 0 Å². The van der Waals surface area contributed by atoms with Crippen molar-refractivity contribution in [1.29, 1.82) is 0 Å². The number of anilines is 1. The number of pyridine rings is 1. The van der Waals surface area contributed by atoms with Crippen LogP contribution in [0.5, 0.6) is 0 Å². The standard InChI is InChI=1S/C13H21N5O/c14-4-6-17-7-9-18(10-8-17)11-13(19)16-12-3-1-2-5-15-12/h1-3,5H,4,6-11,14H2,(H,15,16,19). The van der Waals surface area contributed by atoms with E-state index in [1.54, 1.807) is 12.3 Å². The third kappa shape index (κ3) is 4.59. The summed E-state index contributed by atoms with van der Waals surface area (Å²) >= 11 is 0. The average Bonchev–Trinajstić information content (AvgIpc) is 2.42. The Bertz CT molecular complexity index is 389. The zero-order valence-electron chi connectivity index (χ0n) is 11.1. The number of amides is 1. The maximum absolute atomic E-state index is 11.9. The number of carbonyl (C=O) groups is 1. The van der Waals surface area contributed by atoms with E-state index in [0.717, 1.165) is 32.7 Å². The molecule has 0 spiro atoms. The van der Waals surface area contributed by atoms with Crippen molar-refractivity contribution in [3.8, 4) is 0 Å². The van der Waals surface area contributed by atoms with Crippen molar-refractivity contribution >= 4 is 11.7 Å². The summed E-state index contributed by atoms with van der Waals surface area (Å²) in [6.45, 7) is 5.84. The van der Waals surface area contributed by atoms with Crippen LogP contribution in [0.4, 0.5) is 5.82 Å². The van der Waals surface area contributed by atoms with E-state index >= 15 is 0 Å². The van der Waals surface area contributed by atoms with Gasteiger partial charge in [-0.3, -0.25) is 14.6 Å². The van der Waals surface area contributed by atoms with E-state index in [1.807, 2.05) is 12.1 Å². The molecule has 1 aromatic rings. The Balaban J connectivity index is 1.72. The van der Waals surface area contributed by atoms with Gasteiger partial charge in [-0.1, -0.05) is 6.07 Å². The third-order valence-electron chi connectivity index (χ3n) is 3.21. The van der Waals surface area contributed by atoms with Gasteiger partial charge in [-0.2, -0.15) is 0 Å². The number of nitrogens with two attached hydrogens (primary N) is 1. The summed E-state index contributed by atoms with van der Waals surface area (Å²) in [5, 5.41) is 2.80. The molecule has 0 aromatic carbocycles. The lowest BCUT2D eigenvalue weighted by molar-refractivity contribution is -0.117. The maximum atomic E-state index is 11.9. The fourth-order valence-electron chi connectivity index (χ4n) is 2.18. The van der Waals surface area contributed by atoms with Crippen LogP contribution in [0.15, 0.2) is 24.4 Å². The molecule has 2 rings (SSSR count). The molecular weight excluding hydrogens is 242 g/mol. The molecule has 1 aliphatic rings. The molecule has 6 nitrogen and oxygen atoms in total. The molecule has 0 bridgehead atoms. The summed E-state index contributed by atoms with van der Waals surface area (Å²) in [6.07, 6.45) is 1.67. The van der Waals surface area contributed by atoms with Gasteiger partial charge in [-0.05, 0) is 12.1 Å². The third-order valence-corrected chi connectivity index (χ3v) is 3.21. The summed E-state index contributed by atoms with van der Waals surface area (Å²) in [5.74, 6) is 0.597. The van der Waals surface area contributed by atoms with Gasteiger partial charge in [0, 0.05) is 45.5 Å². The Kier molecular flexibility index (Phi) is 5.26. The second kappa shape index (κ2) is 7.18. The van der Waals surface area contributed by atoms with Crippen LogP contribution in [0.3, 0.4) is 0 Å². The molecule has 0 saturated carbocycles. The van der Waals surface area contributed by atoms with Crippen molar-refractivity contribution in [2.75, 3.05) is 51.1 Å². The van der Waals surface area contributed by atoms with Gasteiger partial charge in [0.05, 0.1) is 6.54 Å². The van der Waals surface area contributed by atoms with Crippen LogP contribution in [0.2, 0.25) is 0 Å². The highest BCUT2D eigenvalue weighted by molar-refractivity contribution is 5.91. The summed E-state index contributed by atoms with van der Waals surface area (Å²) < 4.78 is 0. The number of nitrogens with one attached hydrogen (secondary N) is 1. The number of aromatic nitrogens is 1. The van der Waals surface area contributed by atoms with Crippen LogP contribution < -0.4 is 11.1 Å². The second-order valence-corrected chi connectivity index (χ2v) is 4.67. The topological polar surface area (TPSA) is 74.5 Å². The van der Waals surface area contributed by atoms with Crippen molar-refractivity contribution in [2.24, 2.45) is 5.73 Å². The molecule has 19 heavy (non-hydrogen) atoms. The number of hydrogen-bond donors (Lipinski definition) is 2. The van der Waals surface area contributed by atoms with Crippen LogP contribution in [0.25, 0.3) is 0 Å². The van der Waals surface area contributed by atoms with Crippen molar-refractivity contribution < 1.29 is 4.79 Å². The predicted molar refractivity (Wildman–Crippen MR) is 74.8 cm³/mol. The predicted octanol–water partition coefficient (Wildman–Crippen LogP) is -0.404. The van der Waals surface area contributed by atoms with E-state index in [4.69, 9.17) is 5.73 Å². The Morgan fingerprint density at radius 2 is 2.00 bits per heavy atom. The highest BCUT2D eigenvalue weighted by Gasteiger charge is 2.18. The Morgan fingerprint density at radius 3 is 2.63 bits per heavy atom. The first-order chi connectivity index (χ1) is 9.28. The van der Waals surface area contributed by atoms with E-state index in [1.165, 1.54) is 0 Å². The highest BCUT2D eigenvalue weighted by Crippen LogP contribution is 2.03. The largest absolute Gasteiger partial charge is 0.329 e. The van der Waals surface area contributed by atoms with Gasteiger partial charge in [-0.25, -0.2) is 4.98 Å². The number of rotatable bonds is 5. The van der Waals surface area contributed by atoms with Crippen LogP contribution in [0.1, 0.15) is 0 Å². The molecule has 2 heterocycles. The van der Waals surface area contributed by atoms with Crippen LogP contribution >= 0.6 is 0 Å². The van der Waals surface area contributed by atoms with Gasteiger partial charge in [0.2, 0.25) is 5.91 Å². The lowest BCUT2D eigenvalue weighted by Gasteiger charge is -2.33. The van der Waals surface area contributed by atoms with Crippen molar-refractivity contribution in [1.82, 2.24) is 14.8 Å². The molecule has 0 atom stereocenters. The maximum Gasteiger partial charge on any atom is 0.239 e. The number of hydrogen-bond acceptors (Lipinski definition) is 5. The quantitative estimate of drug-likeness (QED) is 0.756. The molecule has 1 amide bonds. The Labute approximate surface area is 113 Å². The minimum Gasteiger partial charge on any atom is -0.329 e. The molecule has 3 N–H and O–H groups in total. The zero-order valence-corrected chi connectivity index (χ0v) is 11.1. The molecule has 1 aliphatic heterocycles. The Hall–Kier alpha value is -1.50. The fourth-order valence-corrected chi connectivity index (χ4v) is 2.18. The van der Waals surface area contributed by atoms with Gasteiger partial charge >= 0.3 is 0 Å². The van der Waals surface area contributed by atoms with Crippen molar-refractivity contribution in [3.05, 3.63) is 24.4 Å². The van der Waals surface area contributed by atoms with Gasteiger partial charge in [0.1, 0.15) is 5.82 Å². The average molecular weight is 263 g/mol. The van der Waals surface area contributed by atoms with Crippen LogP contribution in [-0.4, -0.2) is 66.5 Å². The molecule has 6 heteroatoms. The van der Waals surface area contributed by atoms with E-state index in [2.05, 4.69) is 20.1 Å². The monoisotopic (exact) mass is 263 g/mol. The molecule has 0 aliphatic carbocycles. The minimum absolute atomic E-state index is 0.00836. The van der Waals surface area contributed by atoms with Crippen LogP contribution in [-0.2, 0) is 4.79 Å². The van der Waals surface area contributed by atoms with Crippen molar-refractivity contribution in [2.45, 2.75) is 0 Å². The van der Waals surface area contributed by atoms with Gasteiger partial charge < -0.3 is 11.1 Å². The number of piperazine rings is 1. The lowest BCUT2D eigenvalue weighted by Crippen LogP contribution is -2.49. The smallest absolute Gasteiger partial charge is 0.239 e. The normalized spacial score (nSPS) is 17.3. The molecular formula is C13H21N5O. The van der Waals surface area contributed by atoms with E-state index in [0.29, 0.717) is 18.9 Å². The molecule has 1 aromatic heterocycles. The Morgan fingerprint density at radius 1 is 1.26 bits per heavy atom. The molecule has 1 saturated heterocycles. The number of carbonyl (C=O) groups excluding carboxylic acids is 1. The molecule has 0 unspecified atom stereocenters. The highest BCUT2D eigenvalue weighted by atomic mass is 16.2. The summed E-state index contributed by atoms with van der Waals surface area (Å²) in [5.41, 5.74) is 5.53. The molecule has 1 fully saturated rings. The van der Waals surface area contributed by atoms with E-state index in [-0.39, 0.29) is 5.91 Å². The van der Waals surface area contributed by atoms with Crippen LogP contribution in [0, 0.1) is 0 Å². The van der Waals surface area contributed by atoms with Gasteiger partial charge in [0.15, 0.2) is 0 Å². The SMILES string of the molecule is NCCN1CCN(CC(=O)Nc2ccccn2)CC1. The first-order valence-corrected chi connectivity index (χ1v) is 6.63. The van der Waals surface area contributed by atoms with Gasteiger partial charge in [-0.15, -0.1) is 0 Å². The van der Waals surface area contributed by atoms with E-state index < -0.39 is 0 Å². The summed E-state index contributed by atoms with van der Waals surface area (Å²) in [6, 6.07) is 5.47. The first-order valence-electron chi connectivity index (χ1n) is 6.63. The summed E-state index contributed by atoms with van der Waals surface area (Å²) in [7, 11) is 0. The van der Waals surface area contributed by atoms with Crippen molar-refractivity contribution in [3.63, 3.8) is 0 Å². The zero-order chi connectivity index (χ0) is 13.5. The number of nitrogens with zero attached hydrogens (tertiary/aromatic N) is 3. The lowest BCUT2D eigenvalue weighted by atomic mass is 10.3. The summed E-state index contributed by atoms with van der Waals surface area (Å²) in [4.78, 5) is 20.4. The molecule has 0 radical (unpaired) electrons. The minimum atomic E-state index is -0.00836. The second-order valence-electron chi connectivity index (χ2n) is 4.67. The first kappa shape index (κ1) is 13.9. The fraction of sp³-hybridized carbons (Fsp3) is 0.538. The van der Waals surface area contributed by atoms with E-state index in [9.17, 15) is 4.79 Å². The molecule has 104 valence electrons.